The van der Waals surface area contributed by atoms with E-state index in [-0.39, 0.29) is 18.2 Å². The van der Waals surface area contributed by atoms with E-state index in [1.54, 1.807) is 37.5 Å². The van der Waals surface area contributed by atoms with Crippen LogP contribution in [0.15, 0.2) is 45.6 Å². The molecule has 0 bridgehead atoms. The molecule has 18 heavy (non-hydrogen) atoms. The van der Waals surface area contributed by atoms with Crippen molar-refractivity contribution in [2.75, 3.05) is 6.54 Å². The molecule has 0 aromatic carbocycles. The zero-order chi connectivity index (χ0) is 13.0. The van der Waals surface area contributed by atoms with Gasteiger partial charge in [-0.1, -0.05) is 0 Å². The molecule has 0 aliphatic carbocycles. The topological polar surface area (TPSA) is 75.6 Å². The monoisotopic (exact) mass is 249 g/mol. The van der Waals surface area contributed by atoms with Crippen LogP contribution in [0.5, 0.6) is 0 Å². The fraction of sp³-hybridized carbons (Fsp3) is 0.308. The molecule has 2 N–H and O–H groups in total. The predicted octanol–water partition coefficient (Wildman–Crippen LogP) is 1.60. The van der Waals surface area contributed by atoms with Crippen molar-refractivity contribution < 1.29 is 18.7 Å². The lowest BCUT2D eigenvalue weighted by Gasteiger charge is -2.22. The SMILES string of the molecule is C[C@@](O)(CNC(=O)c1ccco1)Cc1ccco1. The lowest BCUT2D eigenvalue weighted by molar-refractivity contribution is 0.0503. The van der Waals surface area contributed by atoms with Gasteiger partial charge in [0.1, 0.15) is 5.76 Å². The molecular formula is C13H15NO4. The van der Waals surface area contributed by atoms with Gasteiger partial charge in [-0.05, 0) is 31.2 Å². The Labute approximate surface area is 104 Å². The first-order valence-electron chi connectivity index (χ1n) is 5.63. The predicted molar refractivity (Wildman–Crippen MR) is 64.1 cm³/mol. The number of aliphatic hydroxyl groups is 1. The summed E-state index contributed by atoms with van der Waals surface area (Å²) in [5.41, 5.74) is -1.07. The van der Waals surface area contributed by atoms with Crippen molar-refractivity contribution in [3.05, 3.63) is 48.3 Å². The molecule has 0 aliphatic heterocycles. The van der Waals surface area contributed by atoms with Gasteiger partial charge in [0.05, 0.1) is 18.1 Å². The summed E-state index contributed by atoms with van der Waals surface area (Å²) >= 11 is 0. The smallest absolute Gasteiger partial charge is 0.287 e. The van der Waals surface area contributed by atoms with Crippen LogP contribution in [-0.4, -0.2) is 23.2 Å². The van der Waals surface area contributed by atoms with Gasteiger partial charge >= 0.3 is 0 Å². The van der Waals surface area contributed by atoms with Gasteiger partial charge in [0.15, 0.2) is 5.76 Å². The number of hydrogen-bond donors (Lipinski definition) is 2. The fourth-order valence-corrected chi connectivity index (χ4v) is 1.62. The van der Waals surface area contributed by atoms with Crippen LogP contribution < -0.4 is 5.32 Å². The van der Waals surface area contributed by atoms with Crippen LogP contribution in [0.1, 0.15) is 23.2 Å². The Bertz CT molecular complexity index is 485. The van der Waals surface area contributed by atoms with Crippen LogP contribution in [0.2, 0.25) is 0 Å². The Morgan fingerprint density at radius 1 is 1.33 bits per heavy atom. The summed E-state index contributed by atoms with van der Waals surface area (Å²) in [6.45, 7) is 1.76. The minimum Gasteiger partial charge on any atom is -0.469 e. The third-order valence-corrected chi connectivity index (χ3v) is 2.51. The number of carbonyl (C=O) groups excluding carboxylic acids is 1. The second-order valence-electron chi connectivity index (χ2n) is 4.41. The summed E-state index contributed by atoms with van der Waals surface area (Å²) in [4.78, 5) is 11.6. The van der Waals surface area contributed by atoms with Crippen LogP contribution in [0.3, 0.4) is 0 Å². The van der Waals surface area contributed by atoms with Crippen molar-refractivity contribution in [1.29, 1.82) is 0 Å². The highest BCUT2D eigenvalue weighted by atomic mass is 16.3. The average Bonchev–Trinajstić information content (AvgIpc) is 2.97. The summed E-state index contributed by atoms with van der Waals surface area (Å²) < 4.78 is 10.1. The normalized spacial score (nSPS) is 14.1. The molecule has 2 aromatic heterocycles. The molecular weight excluding hydrogens is 234 g/mol. The van der Waals surface area contributed by atoms with Gasteiger partial charge in [0, 0.05) is 13.0 Å². The Morgan fingerprint density at radius 3 is 2.67 bits per heavy atom. The Balaban J connectivity index is 1.87. The Hall–Kier alpha value is -2.01. The quantitative estimate of drug-likeness (QED) is 0.843. The first kappa shape index (κ1) is 12.4. The van der Waals surface area contributed by atoms with E-state index in [0.717, 1.165) is 0 Å². The molecule has 2 heterocycles. The largest absolute Gasteiger partial charge is 0.469 e. The highest BCUT2D eigenvalue weighted by molar-refractivity contribution is 5.91. The summed E-state index contributed by atoms with van der Waals surface area (Å²) in [5.74, 6) is 0.552. The zero-order valence-electron chi connectivity index (χ0n) is 10.1. The standard InChI is InChI=1S/C13H15NO4/c1-13(16,8-10-4-2-6-17-10)9-14-12(15)11-5-3-7-18-11/h2-7,16H,8-9H2,1H3,(H,14,15)/t13-/m0/s1. The van der Waals surface area contributed by atoms with Crippen molar-refractivity contribution in [2.24, 2.45) is 0 Å². The number of amides is 1. The average molecular weight is 249 g/mol. The minimum absolute atomic E-state index is 0.118. The van der Waals surface area contributed by atoms with E-state index >= 15 is 0 Å². The van der Waals surface area contributed by atoms with Gasteiger partial charge in [-0.2, -0.15) is 0 Å². The summed E-state index contributed by atoms with van der Waals surface area (Å²) in [6, 6.07) is 6.74. The molecule has 0 radical (unpaired) electrons. The molecule has 96 valence electrons. The fourth-order valence-electron chi connectivity index (χ4n) is 1.62. The molecule has 2 aromatic rings. The van der Waals surface area contributed by atoms with Gasteiger partial charge in [-0.3, -0.25) is 4.79 Å². The lowest BCUT2D eigenvalue weighted by atomic mass is 10.0. The molecule has 0 aliphatic rings. The third-order valence-electron chi connectivity index (χ3n) is 2.51. The van der Waals surface area contributed by atoms with Gasteiger partial charge in [-0.25, -0.2) is 0 Å². The van der Waals surface area contributed by atoms with E-state index < -0.39 is 5.60 Å². The van der Waals surface area contributed by atoms with E-state index in [0.29, 0.717) is 12.2 Å². The number of furan rings is 2. The second kappa shape index (κ2) is 5.10. The van der Waals surface area contributed by atoms with Crippen molar-refractivity contribution in [3.63, 3.8) is 0 Å². The molecule has 1 atom stereocenters. The van der Waals surface area contributed by atoms with Gasteiger partial charge in [0.25, 0.3) is 5.91 Å². The van der Waals surface area contributed by atoms with Gasteiger partial charge < -0.3 is 19.3 Å². The van der Waals surface area contributed by atoms with E-state index in [4.69, 9.17) is 8.83 Å². The highest BCUT2D eigenvalue weighted by Crippen LogP contribution is 2.13. The van der Waals surface area contributed by atoms with E-state index in [9.17, 15) is 9.90 Å². The van der Waals surface area contributed by atoms with E-state index in [2.05, 4.69) is 5.32 Å². The minimum atomic E-state index is -1.07. The molecule has 5 heteroatoms. The van der Waals surface area contributed by atoms with Gasteiger partial charge in [-0.15, -0.1) is 0 Å². The molecule has 2 rings (SSSR count). The van der Waals surface area contributed by atoms with Crippen molar-refractivity contribution in [3.8, 4) is 0 Å². The highest BCUT2D eigenvalue weighted by Gasteiger charge is 2.23. The lowest BCUT2D eigenvalue weighted by Crippen LogP contribution is -2.42. The number of rotatable bonds is 5. The maximum absolute atomic E-state index is 11.6. The van der Waals surface area contributed by atoms with Crippen LogP contribution in [-0.2, 0) is 6.42 Å². The van der Waals surface area contributed by atoms with E-state index in [1.165, 1.54) is 6.26 Å². The second-order valence-corrected chi connectivity index (χ2v) is 4.41. The summed E-state index contributed by atoms with van der Waals surface area (Å²) in [7, 11) is 0. The molecule has 5 nitrogen and oxygen atoms in total. The maximum Gasteiger partial charge on any atom is 0.287 e. The Kier molecular flexibility index (Phi) is 3.53. The van der Waals surface area contributed by atoms with Crippen LogP contribution in [0, 0.1) is 0 Å². The van der Waals surface area contributed by atoms with Crippen LogP contribution in [0.4, 0.5) is 0 Å². The van der Waals surface area contributed by atoms with Crippen molar-refractivity contribution in [1.82, 2.24) is 5.32 Å². The molecule has 0 saturated heterocycles. The molecule has 0 unspecified atom stereocenters. The zero-order valence-corrected chi connectivity index (χ0v) is 10.1. The van der Waals surface area contributed by atoms with Gasteiger partial charge in [0.2, 0.25) is 0 Å². The third kappa shape index (κ3) is 3.24. The molecule has 1 amide bonds. The van der Waals surface area contributed by atoms with E-state index in [1.807, 2.05) is 0 Å². The first-order chi connectivity index (χ1) is 8.57. The first-order valence-corrected chi connectivity index (χ1v) is 5.63. The Morgan fingerprint density at radius 2 is 2.06 bits per heavy atom. The number of carbonyl (C=O) groups is 1. The number of nitrogens with one attached hydrogen (secondary N) is 1. The summed E-state index contributed by atoms with van der Waals surface area (Å²) in [5, 5.41) is 12.7. The molecule has 0 spiro atoms. The summed E-state index contributed by atoms with van der Waals surface area (Å²) in [6.07, 6.45) is 3.31. The molecule has 0 saturated carbocycles. The van der Waals surface area contributed by atoms with Crippen LogP contribution in [0.25, 0.3) is 0 Å². The van der Waals surface area contributed by atoms with Crippen molar-refractivity contribution >= 4 is 5.91 Å². The van der Waals surface area contributed by atoms with Crippen LogP contribution >= 0.6 is 0 Å². The number of hydrogen-bond acceptors (Lipinski definition) is 4. The molecule has 0 fully saturated rings. The maximum atomic E-state index is 11.6. The van der Waals surface area contributed by atoms with Crippen molar-refractivity contribution in [2.45, 2.75) is 18.9 Å².